The van der Waals surface area contributed by atoms with Gasteiger partial charge < -0.3 is 21.1 Å². The molecule has 0 radical (unpaired) electrons. The normalized spacial score (nSPS) is 19.4. The van der Waals surface area contributed by atoms with E-state index >= 15 is 0 Å². The number of hydrogen-bond donors (Lipinski definition) is 3. The molecular weight excluding hydrogens is 318 g/mol. The van der Waals surface area contributed by atoms with E-state index in [4.69, 9.17) is 10.5 Å². The van der Waals surface area contributed by atoms with Crippen molar-refractivity contribution in [3.8, 4) is 0 Å². The molecule has 0 bridgehead atoms. The van der Waals surface area contributed by atoms with Gasteiger partial charge in [-0.3, -0.25) is 9.59 Å². The van der Waals surface area contributed by atoms with Crippen LogP contribution in [0.25, 0.3) is 0 Å². The van der Waals surface area contributed by atoms with Crippen molar-refractivity contribution in [1.82, 2.24) is 0 Å². The fourth-order valence-electron chi connectivity index (χ4n) is 2.76. The van der Waals surface area contributed by atoms with Crippen molar-refractivity contribution >= 4 is 23.2 Å². The van der Waals surface area contributed by atoms with Gasteiger partial charge in [0.15, 0.2) is 0 Å². The number of rotatable bonds is 5. The molecule has 25 heavy (non-hydrogen) atoms. The topological polar surface area (TPSA) is 93.5 Å². The van der Waals surface area contributed by atoms with Crippen LogP contribution in [0.1, 0.15) is 23.2 Å². The van der Waals surface area contributed by atoms with Gasteiger partial charge in [0.2, 0.25) is 0 Å². The third-order valence-electron chi connectivity index (χ3n) is 4.09. The molecule has 2 atom stereocenters. The Hall–Kier alpha value is -2.70. The van der Waals surface area contributed by atoms with E-state index in [-0.39, 0.29) is 17.9 Å². The van der Waals surface area contributed by atoms with Gasteiger partial charge in [-0.15, -0.1) is 0 Å². The molecule has 0 spiro atoms. The summed E-state index contributed by atoms with van der Waals surface area (Å²) in [5.74, 6) is -0.392. The molecule has 0 saturated carbocycles. The maximum Gasteiger partial charge on any atom is 0.255 e. The molecule has 0 aromatic heterocycles. The lowest BCUT2D eigenvalue weighted by molar-refractivity contribution is -0.126. The number of nitrogens with two attached hydrogens (primary N) is 1. The Morgan fingerprint density at radius 3 is 2.40 bits per heavy atom. The van der Waals surface area contributed by atoms with Crippen molar-refractivity contribution in [2.45, 2.75) is 25.0 Å². The maximum absolute atomic E-state index is 12.3. The third kappa shape index (κ3) is 4.43. The van der Waals surface area contributed by atoms with Crippen LogP contribution in [0.15, 0.2) is 54.6 Å². The first-order valence-corrected chi connectivity index (χ1v) is 8.28. The first-order chi connectivity index (χ1) is 12.2. The zero-order valence-electron chi connectivity index (χ0n) is 13.8. The highest BCUT2D eigenvalue weighted by atomic mass is 16.5. The lowest BCUT2D eigenvalue weighted by Gasteiger charge is -2.13. The van der Waals surface area contributed by atoms with Gasteiger partial charge in [0, 0.05) is 23.5 Å². The molecule has 1 fully saturated rings. The fourth-order valence-corrected chi connectivity index (χ4v) is 2.76. The molecule has 0 unspecified atom stereocenters. The summed E-state index contributed by atoms with van der Waals surface area (Å²) in [6.07, 6.45) is 0.934. The predicted molar refractivity (Wildman–Crippen MR) is 96.4 cm³/mol. The van der Waals surface area contributed by atoms with Crippen LogP contribution in [-0.4, -0.2) is 30.6 Å². The average Bonchev–Trinajstić information content (AvgIpc) is 3.12. The van der Waals surface area contributed by atoms with Crippen LogP contribution in [0, 0.1) is 0 Å². The minimum atomic E-state index is -0.476. The molecule has 1 aliphatic rings. The van der Waals surface area contributed by atoms with E-state index in [0.717, 1.165) is 6.42 Å². The lowest BCUT2D eigenvalue weighted by atomic mass is 10.2. The molecular formula is C19H21N3O3. The number of benzene rings is 2. The smallest absolute Gasteiger partial charge is 0.255 e. The minimum absolute atomic E-state index is 0.0488. The Kier molecular flexibility index (Phi) is 5.42. The highest BCUT2D eigenvalue weighted by Crippen LogP contribution is 2.22. The zero-order chi connectivity index (χ0) is 17.6. The molecule has 6 heteroatoms. The summed E-state index contributed by atoms with van der Waals surface area (Å²) in [6.45, 7) is 0.421. The third-order valence-corrected chi connectivity index (χ3v) is 4.09. The summed E-state index contributed by atoms with van der Waals surface area (Å²) in [4.78, 5) is 24.5. The summed E-state index contributed by atoms with van der Waals surface area (Å²) >= 11 is 0. The number of carbonyl (C=O) groups excluding carboxylic acids is 2. The number of hydrogen-bond acceptors (Lipinski definition) is 4. The SMILES string of the molecule is NC[C@H]1CC[C@@H](C(=O)Nc2cccc(NC(=O)c3ccccc3)c2)O1. The highest BCUT2D eigenvalue weighted by Gasteiger charge is 2.29. The van der Waals surface area contributed by atoms with Crippen LogP contribution in [0.2, 0.25) is 0 Å². The first kappa shape index (κ1) is 17.1. The van der Waals surface area contributed by atoms with Crippen molar-refractivity contribution in [3.63, 3.8) is 0 Å². The Morgan fingerprint density at radius 1 is 1.00 bits per heavy atom. The quantitative estimate of drug-likeness (QED) is 0.780. The average molecular weight is 339 g/mol. The largest absolute Gasteiger partial charge is 0.364 e. The van der Waals surface area contributed by atoms with Crippen LogP contribution >= 0.6 is 0 Å². The van der Waals surface area contributed by atoms with Crippen LogP contribution < -0.4 is 16.4 Å². The number of amides is 2. The molecule has 3 rings (SSSR count). The second-order valence-corrected chi connectivity index (χ2v) is 5.95. The van der Waals surface area contributed by atoms with E-state index in [0.29, 0.717) is 29.9 Å². The molecule has 0 aliphatic carbocycles. The standard InChI is InChI=1S/C19H21N3O3/c20-12-16-9-10-17(25-16)19(24)22-15-8-4-7-14(11-15)21-18(23)13-5-2-1-3-6-13/h1-8,11,16-17H,9-10,12,20H2,(H,21,23)(H,22,24)/t16-,17+/m1/s1. The predicted octanol–water partition coefficient (Wildman–Crippen LogP) is 2.38. The van der Waals surface area contributed by atoms with Gasteiger partial charge in [-0.1, -0.05) is 24.3 Å². The number of carbonyl (C=O) groups is 2. The van der Waals surface area contributed by atoms with E-state index in [9.17, 15) is 9.59 Å². The van der Waals surface area contributed by atoms with Gasteiger partial charge in [0.1, 0.15) is 6.10 Å². The second kappa shape index (κ2) is 7.92. The lowest BCUT2D eigenvalue weighted by Crippen LogP contribution is -2.29. The van der Waals surface area contributed by atoms with Gasteiger partial charge in [0.05, 0.1) is 6.10 Å². The first-order valence-electron chi connectivity index (χ1n) is 8.28. The molecule has 4 N–H and O–H groups in total. The van der Waals surface area contributed by atoms with Gasteiger partial charge in [0.25, 0.3) is 11.8 Å². The van der Waals surface area contributed by atoms with Crippen molar-refractivity contribution in [2.24, 2.45) is 5.73 Å². The summed E-state index contributed by atoms with van der Waals surface area (Å²) in [5, 5.41) is 5.65. The van der Waals surface area contributed by atoms with Crippen LogP contribution in [-0.2, 0) is 9.53 Å². The molecule has 1 aliphatic heterocycles. The van der Waals surface area contributed by atoms with E-state index in [1.54, 1.807) is 36.4 Å². The van der Waals surface area contributed by atoms with E-state index in [2.05, 4.69) is 10.6 Å². The van der Waals surface area contributed by atoms with Crippen LogP contribution in [0.5, 0.6) is 0 Å². The van der Waals surface area contributed by atoms with Gasteiger partial charge in [-0.25, -0.2) is 0 Å². The highest BCUT2D eigenvalue weighted by molar-refractivity contribution is 6.04. The Labute approximate surface area is 146 Å². The summed E-state index contributed by atoms with van der Waals surface area (Å²) < 4.78 is 5.59. The van der Waals surface area contributed by atoms with Crippen LogP contribution in [0.3, 0.4) is 0 Å². The molecule has 1 heterocycles. The van der Waals surface area contributed by atoms with E-state index in [1.165, 1.54) is 0 Å². The molecule has 2 aromatic rings. The summed E-state index contributed by atoms with van der Waals surface area (Å²) in [5.41, 5.74) is 7.36. The number of anilines is 2. The Bertz CT molecular complexity index is 749. The van der Waals surface area contributed by atoms with Crippen molar-refractivity contribution in [2.75, 3.05) is 17.2 Å². The monoisotopic (exact) mass is 339 g/mol. The molecule has 6 nitrogen and oxygen atoms in total. The Morgan fingerprint density at radius 2 is 1.72 bits per heavy atom. The van der Waals surface area contributed by atoms with Crippen LogP contribution in [0.4, 0.5) is 11.4 Å². The number of nitrogens with one attached hydrogen (secondary N) is 2. The minimum Gasteiger partial charge on any atom is -0.364 e. The van der Waals surface area contributed by atoms with Gasteiger partial charge >= 0.3 is 0 Å². The number of ether oxygens (including phenoxy) is 1. The summed E-state index contributed by atoms with van der Waals surface area (Å²) in [6, 6.07) is 16.0. The second-order valence-electron chi connectivity index (χ2n) is 5.95. The van der Waals surface area contributed by atoms with E-state index in [1.807, 2.05) is 18.2 Å². The zero-order valence-corrected chi connectivity index (χ0v) is 13.8. The van der Waals surface area contributed by atoms with Gasteiger partial charge in [-0.2, -0.15) is 0 Å². The molecule has 2 amide bonds. The van der Waals surface area contributed by atoms with Gasteiger partial charge in [-0.05, 0) is 43.2 Å². The molecule has 130 valence electrons. The van der Waals surface area contributed by atoms with E-state index < -0.39 is 6.10 Å². The maximum atomic E-state index is 12.3. The van der Waals surface area contributed by atoms with Crippen molar-refractivity contribution in [1.29, 1.82) is 0 Å². The molecule has 2 aromatic carbocycles. The fraction of sp³-hybridized carbons (Fsp3) is 0.263. The van der Waals surface area contributed by atoms with Crippen molar-refractivity contribution < 1.29 is 14.3 Å². The van der Waals surface area contributed by atoms with Crippen molar-refractivity contribution in [3.05, 3.63) is 60.2 Å². The molecule has 1 saturated heterocycles. The summed E-state index contributed by atoms with van der Waals surface area (Å²) in [7, 11) is 0. The Balaban J connectivity index is 1.62.